The number of methoxy groups -OCH3 is 2. The number of aryl methyl sites for hydroxylation is 2. The molecule has 1 fully saturated rings. The Morgan fingerprint density at radius 1 is 1.31 bits per heavy atom. The van der Waals surface area contributed by atoms with Gasteiger partial charge in [0, 0.05) is 24.6 Å². The fourth-order valence-electron chi connectivity index (χ4n) is 3.53. The molecule has 2 heterocycles. The standard InChI is InChI=1S/C18H24N2O5S/c1-5-15-18(12(2)19-25-15)14-7-6-10-20(14)26(21,22)17-11-13(23-3)8-9-16(17)24-4/h8-9,11,14H,5-7,10H2,1-4H3/t14-/m0/s1. The number of rotatable bonds is 6. The number of ether oxygens (including phenoxy) is 2. The van der Waals surface area contributed by atoms with Crippen LogP contribution in [0.25, 0.3) is 0 Å². The average Bonchev–Trinajstić information content (AvgIpc) is 3.27. The SMILES string of the molecule is CCc1onc(C)c1[C@@H]1CCCN1S(=O)(=O)c1cc(OC)ccc1OC. The second-order valence-electron chi connectivity index (χ2n) is 6.25. The molecule has 142 valence electrons. The summed E-state index contributed by atoms with van der Waals surface area (Å²) >= 11 is 0. The lowest BCUT2D eigenvalue weighted by atomic mass is 10.0. The highest BCUT2D eigenvalue weighted by Crippen LogP contribution is 2.41. The zero-order chi connectivity index (χ0) is 18.9. The molecule has 8 heteroatoms. The van der Waals surface area contributed by atoms with Crippen molar-refractivity contribution in [1.82, 2.24) is 9.46 Å². The molecule has 1 aliphatic heterocycles. The molecular formula is C18H24N2O5S. The third-order valence-electron chi connectivity index (χ3n) is 4.80. The van der Waals surface area contributed by atoms with Gasteiger partial charge in [-0.05, 0) is 31.9 Å². The van der Waals surface area contributed by atoms with Gasteiger partial charge in [0.2, 0.25) is 10.0 Å². The smallest absolute Gasteiger partial charge is 0.247 e. The molecule has 0 unspecified atom stereocenters. The second-order valence-corrected chi connectivity index (χ2v) is 8.11. The Kier molecular flexibility index (Phi) is 5.24. The summed E-state index contributed by atoms with van der Waals surface area (Å²) in [5.74, 6) is 1.51. The number of aromatic nitrogens is 1. The van der Waals surface area contributed by atoms with E-state index in [1.807, 2.05) is 13.8 Å². The molecule has 0 spiro atoms. The number of sulfonamides is 1. The van der Waals surface area contributed by atoms with Gasteiger partial charge in [-0.15, -0.1) is 0 Å². The molecule has 0 N–H and O–H groups in total. The third-order valence-corrected chi connectivity index (χ3v) is 6.73. The molecule has 0 amide bonds. The van der Waals surface area contributed by atoms with Gasteiger partial charge in [-0.3, -0.25) is 0 Å². The van der Waals surface area contributed by atoms with Crippen molar-refractivity contribution in [1.29, 1.82) is 0 Å². The maximum atomic E-state index is 13.4. The zero-order valence-corrected chi connectivity index (χ0v) is 16.3. The highest BCUT2D eigenvalue weighted by atomic mass is 32.2. The van der Waals surface area contributed by atoms with Crippen LogP contribution in [0.5, 0.6) is 11.5 Å². The highest BCUT2D eigenvalue weighted by Gasteiger charge is 2.40. The largest absolute Gasteiger partial charge is 0.497 e. The van der Waals surface area contributed by atoms with Gasteiger partial charge in [0.15, 0.2) is 0 Å². The minimum Gasteiger partial charge on any atom is -0.497 e. The van der Waals surface area contributed by atoms with Crippen molar-refractivity contribution in [2.75, 3.05) is 20.8 Å². The number of nitrogens with zero attached hydrogens (tertiary/aromatic N) is 2. The van der Waals surface area contributed by atoms with Gasteiger partial charge in [0.1, 0.15) is 22.2 Å². The fraction of sp³-hybridized carbons (Fsp3) is 0.500. The summed E-state index contributed by atoms with van der Waals surface area (Å²) in [7, 11) is -0.807. The quantitative estimate of drug-likeness (QED) is 0.766. The van der Waals surface area contributed by atoms with E-state index in [9.17, 15) is 8.42 Å². The van der Waals surface area contributed by atoms with Crippen LogP contribution >= 0.6 is 0 Å². The Balaban J connectivity index is 2.08. The monoisotopic (exact) mass is 380 g/mol. The fourth-order valence-corrected chi connectivity index (χ4v) is 5.37. The predicted molar refractivity (Wildman–Crippen MR) is 96.0 cm³/mol. The molecule has 0 radical (unpaired) electrons. The minimum absolute atomic E-state index is 0.110. The molecule has 1 atom stereocenters. The van der Waals surface area contributed by atoms with Crippen LogP contribution in [0, 0.1) is 6.92 Å². The third kappa shape index (κ3) is 3.07. The van der Waals surface area contributed by atoms with Crippen LogP contribution in [-0.2, 0) is 16.4 Å². The van der Waals surface area contributed by atoms with Gasteiger partial charge >= 0.3 is 0 Å². The molecule has 3 rings (SSSR count). The lowest BCUT2D eigenvalue weighted by Crippen LogP contribution is -2.31. The first-order chi connectivity index (χ1) is 12.4. The van der Waals surface area contributed by atoms with Crippen LogP contribution in [-0.4, -0.2) is 38.6 Å². The van der Waals surface area contributed by atoms with E-state index >= 15 is 0 Å². The number of hydrogen-bond acceptors (Lipinski definition) is 6. The average molecular weight is 380 g/mol. The van der Waals surface area contributed by atoms with Crippen molar-refractivity contribution in [3.05, 3.63) is 35.2 Å². The first-order valence-electron chi connectivity index (χ1n) is 8.63. The molecular weight excluding hydrogens is 356 g/mol. The van der Waals surface area contributed by atoms with E-state index in [1.165, 1.54) is 24.6 Å². The summed E-state index contributed by atoms with van der Waals surface area (Å²) in [4.78, 5) is 0.110. The maximum Gasteiger partial charge on any atom is 0.247 e. The number of hydrogen-bond donors (Lipinski definition) is 0. The molecule has 1 aliphatic rings. The highest BCUT2D eigenvalue weighted by molar-refractivity contribution is 7.89. The Labute approximate surface area is 153 Å². The van der Waals surface area contributed by atoms with E-state index in [1.54, 1.807) is 12.1 Å². The molecule has 0 saturated carbocycles. The molecule has 1 saturated heterocycles. The van der Waals surface area contributed by atoms with Crippen molar-refractivity contribution in [3.63, 3.8) is 0 Å². The Morgan fingerprint density at radius 3 is 2.73 bits per heavy atom. The predicted octanol–water partition coefficient (Wildman–Crippen LogP) is 3.09. The molecule has 1 aromatic heterocycles. The molecule has 2 aromatic rings. The van der Waals surface area contributed by atoms with E-state index < -0.39 is 10.0 Å². The molecule has 26 heavy (non-hydrogen) atoms. The van der Waals surface area contributed by atoms with Crippen LogP contribution in [0.15, 0.2) is 27.6 Å². The molecule has 7 nitrogen and oxygen atoms in total. The molecule has 0 aliphatic carbocycles. The summed E-state index contributed by atoms with van der Waals surface area (Å²) in [6, 6.07) is 4.51. The Hall–Kier alpha value is -2.06. The van der Waals surface area contributed by atoms with Crippen LogP contribution in [0.4, 0.5) is 0 Å². The van der Waals surface area contributed by atoms with Gasteiger partial charge in [-0.1, -0.05) is 12.1 Å². The molecule has 0 bridgehead atoms. The Bertz CT molecular complexity index is 891. The van der Waals surface area contributed by atoms with Gasteiger partial charge in [-0.2, -0.15) is 4.31 Å². The molecule has 1 aromatic carbocycles. The van der Waals surface area contributed by atoms with Gasteiger partial charge in [-0.25, -0.2) is 8.42 Å². The van der Waals surface area contributed by atoms with Crippen molar-refractivity contribution < 1.29 is 22.4 Å². The second kappa shape index (κ2) is 7.28. The lowest BCUT2D eigenvalue weighted by molar-refractivity contribution is 0.363. The van der Waals surface area contributed by atoms with Crippen LogP contribution < -0.4 is 9.47 Å². The van der Waals surface area contributed by atoms with Crippen molar-refractivity contribution in [2.24, 2.45) is 0 Å². The van der Waals surface area contributed by atoms with E-state index in [-0.39, 0.29) is 10.9 Å². The summed E-state index contributed by atoms with van der Waals surface area (Å²) in [6.07, 6.45) is 2.19. The van der Waals surface area contributed by atoms with E-state index in [0.29, 0.717) is 24.5 Å². The van der Waals surface area contributed by atoms with Crippen LogP contribution in [0.2, 0.25) is 0 Å². The summed E-state index contributed by atoms with van der Waals surface area (Å²) in [5, 5.41) is 4.04. The first-order valence-corrected chi connectivity index (χ1v) is 10.1. The summed E-state index contributed by atoms with van der Waals surface area (Å²) in [6.45, 7) is 4.27. The van der Waals surface area contributed by atoms with E-state index in [2.05, 4.69) is 5.16 Å². The normalized spacial score (nSPS) is 18.2. The maximum absolute atomic E-state index is 13.4. The minimum atomic E-state index is -3.77. The van der Waals surface area contributed by atoms with Gasteiger partial charge in [0.05, 0.1) is 26.0 Å². The number of benzene rings is 1. The Morgan fingerprint density at radius 2 is 2.08 bits per heavy atom. The topological polar surface area (TPSA) is 81.9 Å². The summed E-state index contributed by atoms with van der Waals surface area (Å²) < 4.78 is 44.3. The lowest BCUT2D eigenvalue weighted by Gasteiger charge is -2.25. The van der Waals surface area contributed by atoms with Crippen LogP contribution in [0.1, 0.15) is 42.8 Å². The van der Waals surface area contributed by atoms with E-state index in [4.69, 9.17) is 14.0 Å². The van der Waals surface area contributed by atoms with Crippen molar-refractivity contribution in [2.45, 2.75) is 44.0 Å². The first kappa shape index (κ1) is 18.7. The zero-order valence-electron chi connectivity index (χ0n) is 15.5. The van der Waals surface area contributed by atoms with E-state index in [0.717, 1.165) is 29.9 Å². The van der Waals surface area contributed by atoms with Crippen molar-refractivity contribution in [3.8, 4) is 11.5 Å². The van der Waals surface area contributed by atoms with Crippen LogP contribution in [0.3, 0.4) is 0 Å². The van der Waals surface area contributed by atoms with Crippen molar-refractivity contribution >= 4 is 10.0 Å². The van der Waals surface area contributed by atoms with Gasteiger partial charge < -0.3 is 14.0 Å². The summed E-state index contributed by atoms with van der Waals surface area (Å²) in [5.41, 5.74) is 1.63. The van der Waals surface area contributed by atoms with Gasteiger partial charge in [0.25, 0.3) is 0 Å².